The Morgan fingerprint density at radius 3 is 2.79 bits per heavy atom. The van der Waals surface area contributed by atoms with Crippen molar-refractivity contribution >= 4 is 5.69 Å². The minimum absolute atomic E-state index is 0.204. The third-order valence-electron chi connectivity index (χ3n) is 4.40. The predicted molar refractivity (Wildman–Crippen MR) is 81.6 cm³/mol. The molecule has 1 fully saturated rings. The van der Waals surface area contributed by atoms with Crippen LogP contribution in [0, 0.1) is 12.8 Å². The van der Waals surface area contributed by atoms with Crippen molar-refractivity contribution < 1.29 is 0 Å². The van der Waals surface area contributed by atoms with E-state index in [4.69, 9.17) is 0 Å². The molecule has 0 radical (unpaired) electrons. The first-order valence-corrected chi connectivity index (χ1v) is 7.38. The summed E-state index contributed by atoms with van der Waals surface area (Å²) in [5.41, 5.74) is 2.70. The van der Waals surface area contributed by atoms with E-state index in [0.29, 0.717) is 12.0 Å². The van der Waals surface area contributed by atoms with E-state index in [9.17, 15) is 0 Å². The second-order valence-corrected chi connectivity index (χ2v) is 6.45. The van der Waals surface area contributed by atoms with E-state index in [-0.39, 0.29) is 5.54 Å². The standard InChI is InChI=1S/C16H27N3/c1-6-16(5)11-19(15(10-18-16)12(2)3)14-7-13(4)8-17-9-14/h7-9,12,15,18H,6,10-11H2,1-5H3. The van der Waals surface area contributed by atoms with Crippen molar-refractivity contribution in [2.45, 2.75) is 52.6 Å². The van der Waals surface area contributed by atoms with Crippen LogP contribution in [0.1, 0.15) is 39.7 Å². The first-order valence-electron chi connectivity index (χ1n) is 7.38. The number of aromatic nitrogens is 1. The summed E-state index contributed by atoms with van der Waals surface area (Å²) in [5, 5.41) is 3.73. The van der Waals surface area contributed by atoms with Crippen molar-refractivity contribution in [3.05, 3.63) is 24.0 Å². The smallest absolute Gasteiger partial charge is 0.0559 e. The predicted octanol–water partition coefficient (Wildman–Crippen LogP) is 2.99. The molecule has 1 aromatic heterocycles. The van der Waals surface area contributed by atoms with Gasteiger partial charge in [-0.15, -0.1) is 0 Å². The van der Waals surface area contributed by atoms with Crippen molar-refractivity contribution in [1.82, 2.24) is 10.3 Å². The zero-order valence-corrected chi connectivity index (χ0v) is 12.9. The Labute approximate surface area is 117 Å². The summed E-state index contributed by atoms with van der Waals surface area (Å²) in [6, 6.07) is 2.80. The van der Waals surface area contributed by atoms with Crippen LogP contribution < -0.4 is 10.2 Å². The summed E-state index contributed by atoms with van der Waals surface area (Å²) >= 11 is 0. The Bertz CT molecular complexity index is 430. The lowest BCUT2D eigenvalue weighted by Gasteiger charge is -2.48. The van der Waals surface area contributed by atoms with Gasteiger partial charge in [0.25, 0.3) is 0 Å². The summed E-state index contributed by atoms with van der Waals surface area (Å²) in [6.45, 7) is 13.4. The summed E-state index contributed by atoms with van der Waals surface area (Å²) in [5.74, 6) is 0.634. The van der Waals surface area contributed by atoms with Gasteiger partial charge in [-0.05, 0) is 37.8 Å². The van der Waals surface area contributed by atoms with E-state index in [1.54, 1.807) is 0 Å². The lowest BCUT2D eigenvalue weighted by Crippen LogP contribution is -2.64. The molecule has 1 aliphatic rings. The lowest BCUT2D eigenvalue weighted by atomic mass is 9.89. The maximum absolute atomic E-state index is 4.36. The van der Waals surface area contributed by atoms with Gasteiger partial charge >= 0.3 is 0 Å². The van der Waals surface area contributed by atoms with E-state index in [0.717, 1.165) is 19.5 Å². The molecule has 3 heteroatoms. The van der Waals surface area contributed by atoms with Crippen molar-refractivity contribution in [3.8, 4) is 0 Å². The van der Waals surface area contributed by atoms with Crippen molar-refractivity contribution in [2.24, 2.45) is 5.92 Å². The molecule has 2 unspecified atom stereocenters. The van der Waals surface area contributed by atoms with E-state index in [2.05, 4.69) is 55.9 Å². The number of hydrogen-bond donors (Lipinski definition) is 1. The monoisotopic (exact) mass is 261 g/mol. The zero-order valence-electron chi connectivity index (χ0n) is 12.9. The van der Waals surface area contributed by atoms with Crippen LogP contribution in [-0.4, -0.2) is 29.7 Å². The highest BCUT2D eigenvalue weighted by Crippen LogP contribution is 2.28. The molecular formula is C16H27N3. The minimum Gasteiger partial charge on any atom is -0.364 e. The normalized spacial score (nSPS) is 27.9. The summed E-state index contributed by atoms with van der Waals surface area (Å²) < 4.78 is 0. The molecule has 0 aliphatic carbocycles. The Morgan fingerprint density at radius 1 is 1.47 bits per heavy atom. The van der Waals surface area contributed by atoms with Crippen LogP contribution >= 0.6 is 0 Å². The molecular weight excluding hydrogens is 234 g/mol. The fourth-order valence-electron chi connectivity index (χ4n) is 2.82. The van der Waals surface area contributed by atoms with Crippen molar-refractivity contribution in [3.63, 3.8) is 0 Å². The number of piperazine rings is 1. The first-order chi connectivity index (χ1) is 8.95. The van der Waals surface area contributed by atoms with Crippen LogP contribution in [0.3, 0.4) is 0 Å². The van der Waals surface area contributed by atoms with Crippen LogP contribution in [0.4, 0.5) is 5.69 Å². The highest BCUT2D eigenvalue weighted by molar-refractivity contribution is 5.48. The molecule has 1 aliphatic heterocycles. The van der Waals surface area contributed by atoms with Gasteiger partial charge in [-0.1, -0.05) is 20.8 Å². The number of hydrogen-bond acceptors (Lipinski definition) is 3. The van der Waals surface area contributed by atoms with E-state index in [1.807, 2.05) is 12.4 Å². The Hall–Kier alpha value is -1.09. The van der Waals surface area contributed by atoms with Crippen LogP contribution in [-0.2, 0) is 0 Å². The van der Waals surface area contributed by atoms with Crippen LogP contribution in [0.15, 0.2) is 18.5 Å². The van der Waals surface area contributed by atoms with E-state index < -0.39 is 0 Å². The van der Waals surface area contributed by atoms with Gasteiger partial charge in [0.2, 0.25) is 0 Å². The number of aryl methyl sites for hydroxylation is 1. The maximum Gasteiger partial charge on any atom is 0.0559 e. The van der Waals surface area contributed by atoms with Gasteiger partial charge in [0.15, 0.2) is 0 Å². The largest absolute Gasteiger partial charge is 0.364 e. The van der Waals surface area contributed by atoms with E-state index in [1.165, 1.54) is 11.3 Å². The molecule has 2 rings (SSSR count). The molecule has 0 saturated carbocycles. The fraction of sp³-hybridized carbons (Fsp3) is 0.688. The molecule has 0 bridgehead atoms. The highest BCUT2D eigenvalue weighted by Gasteiger charge is 2.35. The first kappa shape index (κ1) is 14.3. The van der Waals surface area contributed by atoms with Crippen LogP contribution in [0.2, 0.25) is 0 Å². The average Bonchev–Trinajstić information content (AvgIpc) is 2.38. The van der Waals surface area contributed by atoms with Gasteiger partial charge in [-0.3, -0.25) is 4.98 Å². The SMILES string of the molecule is CCC1(C)CN(c2cncc(C)c2)C(C(C)C)CN1. The summed E-state index contributed by atoms with van der Waals surface area (Å²) in [4.78, 5) is 6.91. The number of nitrogens with one attached hydrogen (secondary N) is 1. The van der Waals surface area contributed by atoms with Gasteiger partial charge in [-0.25, -0.2) is 0 Å². The zero-order chi connectivity index (χ0) is 14.0. The van der Waals surface area contributed by atoms with Gasteiger partial charge in [0.1, 0.15) is 0 Å². The Balaban J connectivity index is 2.30. The highest BCUT2D eigenvalue weighted by atomic mass is 15.3. The molecule has 1 aromatic rings. The molecule has 1 saturated heterocycles. The van der Waals surface area contributed by atoms with Crippen molar-refractivity contribution in [1.29, 1.82) is 0 Å². The molecule has 0 spiro atoms. The number of anilines is 1. The van der Waals surface area contributed by atoms with Gasteiger partial charge in [0.05, 0.1) is 11.9 Å². The molecule has 106 valence electrons. The summed E-state index contributed by atoms with van der Waals surface area (Å²) in [6.07, 6.45) is 5.08. The van der Waals surface area contributed by atoms with E-state index >= 15 is 0 Å². The number of rotatable bonds is 3. The molecule has 0 amide bonds. The van der Waals surface area contributed by atoms with Crippen molar-refractivity contribution in [2.75, 3.05) is 18.0 Å². The molecule has 19 heavy (non-hydrogen) atoms. The van der Waals surface area contributed by atoms with Crippen LogP contribution in [0.5, 0.6) is 0 Å². The minimum atomic E-state index is 0.204. The molecule has 2 heterocycles. The number of pyridine rings is 1. The quantitative estimate of drug-likeness (QED) is 0.906. The fourth-order valence-corrected chi connectivity index (χ4v) is 2.82. The lowest BCUT2D eigenvalue weighted by molar-refractivity contribution is 0.253. The number of nitrogens with zero attached hydrogens (tertiary/aromatic N) is 2. The van der Waals surface area contributed by atoms with Crippen LogP contribution in [0.25, 0.3) is 0 Å². The Kier molecular flexibility index (Phi) is 4.14. The van der Waals surface area contributed by atoms with Gasteiger partial charge in [-0.2, -0.15) is 0 Å². The molecule has 2 atom stereocenters. The summed E-state index contributed by atoms with van der Waals surface area (Å²) in [7, 11) is 0. The molecule has 1 N–H and O–H groups in total. The second kappa shape index (κ2) is 5.49. The second-order valence-electron chi connectivity index (χ2n) is 6.45. The third-order valence-corrected chi connectivity index (χ3v) is 4.40. The average molecular weight is 261 g/mol. The van der Waals surface area contributed by atoms with Gasteiger partial charge < -0.3 is 10.2 Å². The maximum atomic E-state index is 4.36. The Morgan fingerprint density at radius 2 is 2.21 bits per heavy atom. The third kappa shape index (κ3) is 3.08. The molecule has 0 aromatic carbocycles. The molecule has 3 nitrogen and oxygen atoms in total. The topological polar surface area (TPSA) is 28.2 Å². The van der Waals surface area contributed by atoms with Gasteiger partial charge in [0, 0.05) is 30.9 Å².